The van der Waals surface area contributed by atoms with Crippen LogP contribution in [-0.4, -0.2) is 21.9 Å². The Bertz CT molecular complexity index is 353. The molecule has 3 nitrogen and oxygen atoms in total. The summed E-state index contributed by atoms with van der Waals surface area (Å²) in [5, 5.41) is 0. The molecular weight excluding hydrogens is 280 g/mol. The Morgan fingerprint density at radius 2 is 2.18 bits per heavy atom. The first kappa shape index (κ1) is 12.8. The lowest BCUT2D eigenvalue weighted by Crippen LogP contribution is -2.09. The van der Waals surface area contributed by atoms with Crippen LogP contribution in [0.5, 0.6) is 5.88 Å². The summed E-state index contributed by atoms with van der Waals surface area (Å²) in [5.74, 6) is 1.55. The van der Waals surface area contributed by atoms with Crippen molar-refractivity contribution in [3.8, 4) is 5.88 Å². The number of hydrogen-bond acceptors (Lipinski definition) is 3. The molecule has 1 unspecified atom stereocenters. The highest BCUT2D eigenvalue weighted by molar-refractivity contribution is 9.09. The minimum atomic E-state index is 0.519. The van der Waals surface area contributed by atoms with Gasteiger partial charge in [-0.3, -0.25) is 0 Å². The zero-order chi connectivity index (χ0) is 12.1. The van der Waals surface area contributed by atoms with E-state index in [1.165, 1.54) is 32.1 Å². The third-order valence-electron chi connectivity index (χ3n) is 3.40. The molecule has 0 bridgehead atoms. The molecule has 1 fully saturated rings. The van der Waals surface area contributed by atoms with Crippen LogP contribution in [0.4, 0.5) is 0 Å². The van der Waals surface area contributed by atoms with Gasteiger partial charge in [0.2, 0.25) is 5.88 Å². The number of methoxy groups -OCH3 is 1. The molecule has 1 aromatic rings. The number of halogens is 1. The highest BCUT2D eigenvalue weighted by Crippen LogP contribution is 2.31. The number of ether oxygens (including phenoxy) is 1. The molecule has 4 heteroatoms. The molecule has 0 amide bonds. The van der Waals surface area contributed by atoms with Crippen LogP contribution in [0, 0.1) is 5.92 Å². The fourth-order valence-corrected chi connectivity index (χ4v) is 3.38. The molecule has 0 spiro atoms. The molecule has 2 rings (SSSR count). The highest BCUT2D eigenvalue weighted by atomic mass is 79.9. The van der Waals surface area contributed by atoms with E-state index < -0.39 is 0 Å². The lowest BCUT2D eigenvalue weighted by atomic mass is 10.00. The number of hydrogen-bond donors (Lipinski definition) is 0. The Labute approximate surface area is 111 Å². The Morgan fingerprint density at radius 1 is 1.41 bits per heavy atom. The summed E-state index contributed by atoms with van der Waals surface area (Å²) < 4.78 is 5.10. The smallest absolute Gasteiger partial charge is 0.216 e. The van der Waals surface area contributed by atoms with Crippen LogP contribution in [0.25, 0.3) is 0 Å². The Balaban J connectivity index is 1.85. The van der Waals surface area contributed by atoms with E-state index >= 15 is 0 Å². The SMILES string of the molecule is COc1cc(CC(Br)CC2CCCC2)ncn1. The maximum absolute atomic E-state index is 5.10. The highest BCUT2D eigenvalue weighted by Gasteiger charge is 2.19. The van der Waals surface area contributed by atoms with Gasteiger partial charge in [0.15, 0.2) is 0 Å². The molecule has 0 aromatic carbocycles. The summed E-state index contributed by atoms with van der Waals surface area (Å²) in [5.41, 5.74) is 1.05. The molecule has 1 atom stereocenters. The summed E-state index contributed by atoms with van der Waals surface area (Å²) >= 11 is 3.77. The first-order valence-electron chi connectivity index (χ1n) is 6.27. The van der Waals surface area contributed by atoms with Crippen molar-refractivity contribution in [1.29, 1.82) is 0 Å². The quantitative estimate of drug-likeness (QED) is 0.782. The molecule has 1 saturated carbocycles. The van der Waals surface area contributed by atoms with Crippen molar-refractivity contribution in [2.45, 2.75) is 43.4 Å². The maximum atomic E-state index is 5.10. The first-order chi connectivity index (χ1) is 8.28. The molecule has 17 heavy (non-hydrogen) atoms. The molecule has 0 radical (unpaired) electrons. The lowest BCUT2D eigenvalue weighted by molar-refractivity contribution is 0.395. The standard InChI is InChI=1S/C13H19BrN2O/c1-17-13-8-12(15-9-16-13)7-11(14)6-10-4-2-3-5-10/h8-11H,2-7H2,1H3. The predicted molar refractivity (Wildman–Crippen MR) is 71.6 cm³/mol. The third kappa shape index (κ3) is 3.95. The molecule has 1 heterocycles. The van der Waals surface area contributed by atoms with Crippen LogP contribution in [0.1, 0.15) is 37.8 Å². The van der Waals surface area contributed by atoms with Gasteiger partial charge in [-0.2, -0.15) is 0 Å². The van der Waals surface area contributed by atoms with Crippen LogP contribution < -0.4 is 4.74 Å². The molecule has 0 aliphatic heterocycles. The van der Waals surface area contributed by atoms with Crippen molar-refractivity contribution in [3.63, 3.8) is 0 Å². The van der Waals surface area contributed by atoms with Crippen molar-refractivity contribution < 1.29 is 4.74 Å². The average Bonchev–Trinajstić information content (AvgIpc) is 2.82. The molecule has 1 aliphatic rings. The summed E-state index contributed by atoms with van der Waals surface area (Å²) in [6.45, 7) is 0. The van der Waals surface area contributed by atoms with E-state index in [0.717, 1.165) is 18.0 Å². The molecule has 1 aliphatic carbocycles. The second-order valence-corrected chi connectivity index (χ2v) is 6.03. The third-order valence-corrected chi connectivity index (χ3v) is 4.10. The molecule has 1 aromatic heterocycles. The fraction of sp³-hybridized carbons (Fsp3) is 0.692. The topological polar surface area (TPSA) is 35.0 Å². The molecule has 0 saturated heterocycles. The Morgan fingerprint density at radius 3 is 2.88 bits per heavy atom. The van der Waals surface area contributed by atoms with Crippen molar-refractivity contribution >= 4 is 15.9 Å². The van der Waals surface area contributed by atoms with E-state index in [1.54, 1.807) is 13.4 Å². The van der Waals surface area contributed by atoms with E-state index in [4.69, 9.17) is 4.74 Å². The fourth-order valence-electron chi connectivity index (χ4n) is 2.52. The zero-order valence-corrected chi connectivity index (χ0v) is 11.8. The van der Waals surface area contributed by atoms with Crippen molar-refractivity contribution in [2.75, 3.05) is 7.11 Å². The zero-order valence-electron chi connectivity index (χ0n) is 10.2. The minimum absolute atomic E-state index is 0.519. The average molecular weight is 299 g/mol. The summed E-state index contributed by atoms with van der Waals surface area (Å²) in [6, 6.07) is 1.92. The number of alkyl halides is 1. The second-order valence-electron chi connectivity index (χ2n) is 4.74. The summed E-state index contributed by atoms with van der Waals surface area (Å²) in [6.07, 6.45) is 9.40. The van der Waals surface area contributed by atoms with E-state index in [9.17, 15) is 0 Å². The normalized spacial score (nSPS) is 18.2. The summed E-state index contributed by atoms with van der Waals surface area (Å²) in [4.78, 5) is 8.82. The van der Waals surface area contributed by atoms with Gasteiger partial charge in [-0.15, -0.1) is 0 Å². The predicted octanol–water partition coefficient (Wildman–Crippen LogP) is 3.37. The molecular formula is C13H19BrN2O. The van der Waals surface area contributed by atoms with Gasteiger partial charge in [0.1, 0.15) is 6.33 Å². The Hall–Kier alpha value is -0.640. The van der Waals surface area contributed by atoms with E-state index in [1.807, 2.05) is 6.07 Å². The number of aromatic nitrogens is 2. The second kappa shape index (κ2) is 6.34. The number of nitrogens with zero attached hydrogens (tertiary/aromatic N) is 2. The van der Waals surface area contributed by atoms with Gasteiger partial charge in [0.05, 0.1) is 7.11 Å². The summed E-state index contributed by atoms with van der Waals surface area (Å²) in [7, 11) is 1.64. The van der Waals surface area contributed by atoms with Crippen molar-refractivity contribution in [1.82, 2.24) is 9.97 Å². The minimum Gasteiger partial charge on any atom is -0.481 e. The van der Waals surface area contributed by atoms with Gasteiger partial charge in [0.25, 0.3) is 0 Å². The lowest BCUT2D eigenvalue weighted by Gasteiger charge is -2.14. The van der Waals surface area contributed by atoms with Crippen LogP contribution in [0.2, 0.25) is 0 Å². The van der Waals surface area contributed by atoms with Crippen LogP contribution in [-0.2, 0) is 6.42 Å². The van der Waals surface area contributed by atoms with E-state index in [0.29, 0.717) is 10.7 Å². The van der Waals surface area contributed by atoms with E-state index in [-0.39, 0.29) is 0 Å². The van der Waals surface area contributed by atoms with Crippen LogP contribution in [0.15, 0.2) is 12.4 Å². The molecule has 0 N–H and O–H groups in total. The van der Waals surface area contributed by atoms with Gasteiger partial charge >= 0.3 is 0 Å². The van der Waals surface area contributed by atoms with Crippen molar-refractivity contribution in [2.24, 2.45) is 5.92 Å². The largest absolute Gasteiger partial charge is 0.481 e. The van der Waals surface area contributed by atoms with Gasteiger partial charge < -0.3 is 4.74 Å². The number of rotatable bonds is 5. The maximum Gasteiger partial charge on any atom is 0.216 e. The van der Waals surface area contributed by atoms with Gasteiger partial charge in [0, 0.05) is 23.0 Å². The molecule has 94 valence electrons. The van der Waals surface area contributed by atoms with Gasteiger partial charge in [-0.05, 0) is 12.3 Å². The van der Waals surface area contributed by atoms with Gasteiger partial charge in [-0.25, -0.2) is 9.97 Å². The monoisotopic (exact) mass is 298 g/mol. The van der Waals surface area contributed by atoms with E-state index in [2.05, 4.69) is 25.9 Å². The Kier molecular flexibility index (Phi) is 4.77. The van der Waals surface area contributed by atoms with Crippen molar-refractivity contribution in [3.05, 3.63) is 18.1 Å². The van der Waals surface area contributed by atoms with Gasteiger partial charge in [-0.1, -0.05) is 41.6 Å². The van der Waals surface area contributed by atoms with Crippen LogP contribution >= 0.6 is 15.9 Å². The van der Waals surface area contributed by atoms with Crippen LogP contribution in [0.3, 0.4) is 0 Å². The first-order valence-corrected chi connectivity index (χ1v) is 7.18.